The number of aromatic nitrogens is 1. The number of halogens is 1. The average Bonchev–Trinajstić information content (AvgIpc) is 2.32. The van der Waals surface area contributed by atoms with Gasteiger partial charge in [0.25, 0.3) is 11.5 Å². The summed E-state index contributed by atoms with van der Waals surface area (Å²) in [5.41, 5.74) is -0.338. The third kappa shape index (κ3) is 2.25. The number of morpholine rings is 1. The Labute approximate surface area is 97.0 Å². The van der Waals surface area contributed by atoms with E-state index in [9.17, 15) is 9.59 Å². The molecule has 0 atom stereocenters. The minimum atomic E-state index is -0.416. The van der Waals surface area contributed by atoms with Gasteiger partial charge in [0.05, 0.1) is 18.2 Å². The van der Waals surface area contributed by atoms with E-state index in [0.717, 1.165) is 0 Å². The Morgan fingerprint density at radius 1 is 1.44 bits per heavy atom. The lowest BCUT2D eigenvalue weighted by Gasteiger charge is -2.26. The molecule has 1 aromatic rings. The Hall–Kier alpha value is -1.33. The largest absolute Gasteiger partial charge is 0.378 e. The Morgan fingerprint density at radius 3 is 2.81 bits per heavy atom. The third-order valence-corrected chi connectivity index (χ3v) is 2.61. The van der Waals surface area contributed by atoms with Crippen LogP contribution in [0, 0.1) is 0 Å². The van der Waals surface area contributed by atoms with Crippen molar-refractivity contribution in [2.75, 3.05) is 26.3 Å². The van der Waals surface area contributed by atoms with Crippen LogP contribution in [0.4, 0.5) is 0 Å². The second kappa shape index (κ2) is 4.67. The van der Waals surface area contributed by atoms with E-state index in [1.54, 1.807) is 4.90 Å². The van der Waals surface area contributed by atoms with Gasteiger partial charge in [-0.1, -0.05) is 11.6 Å². The molecule has 0 aliphatic carbocycles. The number of hydrogen-bond donors (Lipinski definition) is 1. The normalized spacial score (nSPS) is 16.2. The van der Waals surface area contributed by atoms with Gasteiger partial charge < -0.3 is 14.6 Å². The highest BCUT2D eigenvalue weighted by molar-refractivity contribution is 6.30. The fourth-order valence-electron chi connectivity index (χ4n) is 1.55. The zero-order valence-corrected chi connectivity index (χ0v) is 9.29. The van der Waals surface area contributed by atoms with Crippen LogP contribution in [-0.4, -0.2) is 42.1 Å². The van der Waals surface area contributed by atoms with Crippen molar-refractivity contribution in [3.05, 3.63) is 33.2 Å². The number of nitrogens with one attached hydrogen (secondary N) is 1. The number of H-pyrrole nitrogens is 1. The Morgan fingerprint density at radius 2 is 2.12 bits per heavy atom. The summed E-state index contributed by atoms with van der Waals surface area (Å²) < 4.78 is 5.13. The first-order chi connectivity index (χ1) is 7.68. The molecule has 1 aliphatic heterocycles. The molecule has 0 radical (unpaired) electrons. The lowest BCUT2D eigenvalue weighted by molar-refractivity contribution is 0.0301. The van der Waals surface area contributed by atoms with Crippen LogP contribution in [-0.2, 0) is 4.74 Å². The summed E-state index contributed by atoms with van der Waals surface area (Å²) in [6.45, 7) is 2.02. The summed E-state index contributed by atoms with van der Waals surface area (Å²) in [6.07, 6.45) is 1.36. The fraction of sp³-hybridized carbons (Fsp3) is 0.400. The molecule has 1 fully saturated rings. The van der Waals surface area contributed by atoms with Crippen molar-refractivity contribution in [2.24, 2.45) is 0 Å². The van der Waals surface area contributed by atoms with Crippen molar-refractivity contribution in [1.29, 1.82) is 0 Å². The van der Waals surface area contributed by atoms with E-state index in [1.807, 2.05) is 0 Å². The Kier molecular flexibility index (Phi) is 3.26. The smallest absolute Gasteiger partial charge is 0.260 e. The number of aromatic amines is 1. The van der Waals surface area contributed by atoms with Gasteiger partial charge in [0.2, 0.25) is 0 Å². The molecule has 1 aliphatic rings. The molecular formula is C10H11ClN2O3. The summed E-state index contributed by atoms with van der Waals surface area (Å²) >= 11 is 5.73. The second-order valence-corrected chi connectivity index (χ2v) is 3.90. The first-order valence-electron chi connectivity index (χ1n) is 4.94. The van der Waals surface area contributed by atoms with Gasteiger partial charge in [-0.25, -0.2) is 0 Å². The van der Waals surface area contributed by atoms with Crippen molar-refractivity contribution in [1.82, 2.24) is 9.88 Å². The highest BCUT2D eigenvalue weighted by Crippen LogP contribution is 2.08. The van der Waals surface area contributed by atoms with Gasteiger partial charge in [0.15, 0.2) is 0 Å². The molecule has 2 rings (SSSR count). The van der Waals surface area contributed by atoms with Crippen LogP contribution < -0.4 is 5.56 Å². The zero-order chi connectivity index (χ0) is 11.5. The molecule has 0 unspecified atom stereocenters. The lowest BCUT2D eigenvalue weighted by atomic mass is 10.2. The molecular weight excluding hydrogens is 232 g/mol. The highest BCUT2D eigenvalue weighted by atomic mass is 35.5. The van der Waals surface area contributed by atoms with Gasteiger partial charge in [-0.2, -0.15) is 0 Å². The topological polar surface area (TPSA) is 62.4 Å². The molecule has 1 saturated heterocycles. The second-order valence-electron chi connectivity index (χ2n) is 3.47. The van der Waals surface area contributed by atoms with Crippen molar-refractivity contribution in [3.8, 4) is 0 Å². The van der Waals surface area contributed by atoms with Crippen LogP contribution in [0.3, 0.4) is 0 Å². The molecule has 16 heavy (non-hydrogen) atoms. The minimum Gasteiger partial charge on any atom is -0.378 e. The van der Waals surface area contributed by atoms with E-state index < -0.39 is 5.56 Å². The maximum Gasteiger partial charge on any atom is 0.260 e. The van der Waals surface area contributed by atoms with Crippen LogP contribution in [0.2, 0.25) is 5.02 Å². The molecule has 1 N–H and O–H groups in total. The van der Waals surface area contributed by atoms with Gasteiger partial charge in [0.1, 0.15) is 5.56 Å². The summed E-state index contributed by atoms with van der Waals surface area (Å²) in [4.78, 5) is 27.4. The van der Waals surface area contributed by atoms with Gasteiger partial charge in [-0.05, 0) is 6.07 Å². The molecule has 0 saturated carbocycles. The van der Waals surface area contributed by atoms with E-state index in [-0.39, 0.29) is 11.5 Å². The standard InChI is InChI=1S/C10H11ClN2O3/c11-7-5-8(9(14)12-6-7)10(15)13-1-3-16-4-2-13/h5-6H,1-4H2,(H,12,14). The quantitative estimate of drug-likeness (QED) is 0.780. The van der Waals surface area contributed by atoms with Gasteiger partial charge in [-0.15, -0.1) is 0 Å². The monoisotopic (exact) mass is 242 g/mol. The molecule has 1 amide bonds. The minimum absolute atomic E-state index is 0.0781. The molecule has 0 spiro atoms. The van der Waals surface area contributed by atoms with E-state index in [0.29, 0.717) is 31.3 Å². The first-order valence-corrected chi connectivity index (χ1v) is 5.31. The maximum absolute atomic E-state index is 12.0. The molecule has 5 nitrogen and oxygen atoms in total. The highest BCUT2D eigenvalue weighted by Gasteiger charge is 2.20. The van der Waals surface area contributed by atoms with Gasteiger partial charge in [-0.3, -0.25) is 9.59 Å². The number of carbonyl (C=O) groups excluding carboxylic acids is 1. The van der Waals surface area contributed by atoms with Gasteiger partial charge >= 0.3 is 0 Å². The zero-order valence-electron chi connectivity index (χ0n) is 8.53. The SMILES string of the molecule is O=C(c1cc(Cl)c[nH]c1=O)N1CCOCC1. The van der Waals surface area contributed by atoms with Gasteiger partial charge in [0, 0.05) is 19.3 Å². The number of rotatable bonds is 1. The lowest BCUT2D eigenvalue weighted by Crippen LogP contribution is -2.42. The fourth-order valence-corrected chi connectivity index (χ4v) is 1.72. The average molecular weight is 243 g/mol. The molecule has 6 heteroatoms. The molecule has 0 bridgehead atoms. The predicted octanol–water partition coefficient (Wildman–Crippen LogP) is 0.501. The Balaban J connectivity index is 2.25. The molecule has 0 aromatic carbocycles. The van der Waals surface area contributed by atoms with Crippen LogP contribution in [0.5, 0.6) is 0 Å². The number of ether oxygens (including phenoxy) is 1. The summed E-state index contributed by atoms with van der Waals surface area (Å²) in [5.74, 6) is -0.299. The summed E-state index contributed by atoms with van der Waals surface area (Å²) in [5, 5.41) is 0.344. The van der Waals surface area contributed by atoms with E-state index in [1.165, 1.54) is 12.3 Å². The summed E-state index contributed by atoms with van der Waals surface area (Å²) in [6, 6.07) is 1.39. The maximum atomic E-state index is 12.0. The number of carbonyl (C=O) groups is 1. The van der Waals surface area contributed by atoms with Crippen molar-refractivity contribution in [2.45, 2.75) is 0 Å². The number of pyridine rings is 1. The number of hydrogen-bond acceptors (Lipinski definition) is 3. The first kappa shape index (κ1) is 11.2. The summed E-state index contributed by atoms with van der Waals surface area (Å²) in [7, 11) is 0. The van der Waals surface area contributed by atoms with Crippen molar-refractivity contribution < 1.29 is 9.53 Å². The van der Waals surface area contributed by atoms with E-state index >= 15 is 0 Å². The number of nitrogens with zero attached hydrogens (tertiary/aromatic N) is 1. The van der Waals surface area contributed by atoms with Crippen molar-refractivity contribution >= 4 is 17.5 Å². The number of amides is 1. The van der Waals surface area contributed by atoms with Crippen LogP contribution in [0.1, 0.15) is 10.4 Å². The van der Waals surface area contributed by atoms with Crippen LogP contribution in [0.15, 0.2) is 17.1 Å². The predicted molar refractivity (Wildman–Crippen MR) is 58.8 cm³/mol. The van der Waals surface area contributed by atoms with E-state index in [4.69, 9.17) is 16.3 Å². The Bertz CT molecular complexity index is 452. The third-order valence-electron chi connectivity index (χ3n) is 2.40. The molecule has 86 valence electrons. The molecule has 2 heterocycles. The van der Waals surface area contributed by atoms with E-state index in [2.05, 4.69) is 4.98 Å². The van der Waals surface area contributed by atoms with Crippen LogP contribution in [0.25, 0.3) is 0 Å². The molecule has 1 aromatic heterocycles. The van der Waals surface area contributed by atoms with Crippen LogP contribution >= 0.6 is 11.6 Å². The van der Waals surface area contributed by atoms with Crippen molar-refractivity contribution in [3.63, 3.8) is 0 Å².